The second-order valence-electron chi connectivity index (χ2n) is 4.03. The van der Waals surface area contributed by atoms with Crippen molar-refractivity contribution in [3.05, 3.63) is 65.7 Å². The highest BCUT2D eigenvalue weighted by molar-refractivity contribution is 5.75. The van der Waals surface area contributed by atoms with Crippen molar-refractivity contribution in [2.24, 2.45) is 0 Å². The number of pyridine rings is 1. The van der Waals surface area contributed by atoms with E-state index in [0.29, 0.717) is 6.54 Å². The van der Waals surface area contributed by atoms with Crippen LogP contribution in [0.4, 0.5) is 4.39 Å². The van der Waals surface area contributed by atoms with E-state index < -0.39 is 17.8 Å². The van der Waals surface area contributed by atoms with E-state index in [1.807, 2.05) is 6.07 Å². The molecule has 0 saturated heterocycles. The lowest BCUT2D eigenvalue weighted by atomic mass is 10.1. The maximum atomic E-state index is 13.6. The van der Waals surface area contributed by atoms with Crippen LogP contribution < -0.4 is 5.32 Å². The van der Waals surface area contributed by atoms with Gasteiger partial charge in [-0.1, -0.05) is 24.3 Å². The Bertz CT molecular complexity index is 560. The zero-order chi connectivity index (χ0) is 13.7. The number of carboxylic acid groups (broad SMARTS) is 1. The molecule has 1 unspecified atom stereocenters. The minimum Gasteiger partial charge on any atom is -0.480 e. The molecule has 1 heterocycles. The van der Waals surface area contributed by atoms with Crippen molar-refractivity contribution in [3.8, 4) is 0 Å². The third kappa shape index (κ3) is 3.35. The maximum Gasteiger partial charge on any atom is 0.325 e. The second kappa shape index (κ2) is 6.06. The van der Waals surface area contributed by atoms with Gasteiger partial charge in [-0.3, -0.25) is 15.1 Å². The van der Waals surface area contributed by atoms with Crippen molar-refractivity contribution < 1.29 is 14.3 Å². The van der Waals surface area contributed by atoms with Crippen LogP contribution in [0.25, 0.3) is 0 Å². The molecular formula is C14H13FN2O2. The maximum absolute atomic E-state index is 13.6. The lowest BCUT2D eigenvalue weighted by Gasteiger charge is -2.15. The molecule has 2 rings (SSSR count). The molecule has 1 atom stereocenters. The number of benzene rings is 1. The van der Waals surface area contributed by atoms with E-state index in [1.54, 1.807) is 24.5 Å². The summed E-state index contributed by atoms with van der Waals surface area (Å²) in [6.07, 6.45) is 3.27. The molecule has 0 bridgehead atoms. The van der Waals surface area contributed by atoms with E-state index in [9.17, 15) is 14.3 Å². The minimum absolute atomic E-state index is 0.124. The number of hydrogen-bond donors (Lipinski definition) is 2. The Kier molecular flexibility index (Phi) is 4.20. The van der Waals surface area contributed by atoms with E-state index >= 15 is 0 Å². The molecule has 1 aromatic carbocycles. The first-order valence-electron chi connectivity index (χ1n) is 5.78. The van der Waals surface area contributed by atoms with Gasteiger partial charge in [0.2, 0.25) is 0 Å². The van der Waals surface area contributed by atoms with Crippen molar-refractivity contribution in [1.82, 2.24) is 10.3 Å². The van der Waals surface area contributed by atoms with Gasteiger partial charge < -0.3 is 5.11 Å². The van der Waals surface area contributed by atoms with E-state index in [4.69, 9.17) is 0 Å². The van der Waals surface area contributed by atoms with Crippen LogP contribution in [0.2, 0.25) is 0 Å². The zero-order valence-corrected chi connectivity index (χ0v) is 10.1. The number of halogens is 1. The monoisotopic (exact) mass is 260 g/mol. The molecule has 0 amide bonds. The van der Waals surface area contributed by atoms with Crippen LogP contribution in [0.3, 0.4) is 0 Å². The molecule has 0 saturated carbocycles. The number of aromatic nitrogens is 1. The molecule has 0 fully saturated rings. The molecule has 0 aliphatic heterocycles. The molecular weight excluding hydrogens is 247 g/mol. The Morgan fingerprint density at radius 3 is 2.74 bits per heavy atom. The van der Waals surface area contributed by atoms with Crippen LogP contribution in [-0.2, 0) is 11.3 Å². The summed E-state index contributed by atoms with van der Waals surface area (Å²) < 4.78 is 13.6. The molecule has 1 aromatic heterocycles. The molecule has 4 nitrogen and oxygen atoms in total. The number of carbonyl (C=O) groups is 1. The molecule has 19 heavy (non-hydrogen) atoms. The smallest absolute Gasteiger partial charge is 0.325 e. The van der Waals surface area contributed by atoms with Crippen LogP contribution in [0.5, 0.6) is 0 Å². The molecule has 5 heteroatoms. The van der Waals surface area contributed by atoms with E-state index in [-0.39, 0.29) is 5.56 Å². The van der Waals surface area contributed by atoms with Gasteiger partial charge in [0.05, 0.1) is 0 Å². The number of aliphatic carboxylic acids is 1. The van der Waals surface area contributed by atoms with Gasteiger partial charge in [-0.15, -0.1) is 0 Å². The summed E-state index contributed by atoms with van der Waals surface area (Å²) in [5.74, 6) is -1.65. The highest BCUT2D eigenvalue weighted by Gasteiger charge is 2.22. The van der Waals surface area contributed by atoms with Gasteiger partial charge in [-0.25, -0.2) is 4.39 Å². The summed E-state index contributed by atoms with van der Waals surface area (Å²) >= 11 is 0. The Morgan fingerprint density at radius 2 is 2.11 bits per heavy atom. The third-order valence-corrected chi connectivity index (χ3v) is 2.70. The van der Waals surface area contributed by atoms with Crippen molar-refractivity contribution in [3.63, 3.8) is 0 Å². The standard InChI is InChI=1S/C14H13FN2O2/c15-12-6-2-1-5-11(12)13(14(18)19)17-9-10-4-3-7-16-8-10/h1-8,13,17H,9H2,(H,18,19). The largest absolute Gasteiger partial charge is 0.480 e. The fourth-order valence-electron chi connectivity index (χ4n) is 1.76. The number of hydrogen-bond acceptors (Lipinski definition) is 3. The summed E-state index contributed by atoms with van der Waals surface area (Å²) in [5.41, 5.74) is 0.962. The summed E-state index contributed by atoms with van der Waals surface area (Å²) in [4.78, 5) is 15.2. The molecule has 2 aromatic rings. The molecule has 2 N–H and O–H groups in total. The number of carboxylic acids is 1. The summed E-state index contributed by atoms with van der Waals surface area (Å²) in [6.45, 7) is 0.305. The first-order valence-corrected chi connectivity index (χ1v) is 5.78. The van der Waals surface area contributed by atoms with Crippen LogP contribution in [0, 0.1) is 5.82 Å². The average molecular weight is 260 g/mol. The van der Waals surface area contributed by atoms with Crippen molar-refractivity contribution in [2.45, 2.75) is 12.6 Å². The van der Waals surface area contributed by atoms with Crippen LogP contribution in [0.15, 0.2) is 48.8 Å². The fourth-order valence-corrected chi connectivity index (χ4v) is 1.76. The third-order valence-electron chi connectivity index (χ3n) is 2.70. The Labute approximate surface area is 109 Å². The molecule has 0 spiro atoms. The van der Waals surface area contributed by atoms with E-state index in [0.717, 1.165) is 5.56 Å². The van der Waals surface area contributed by atoms with E-state index in [1.165, 1.54) is 18.2 Å². The predicted octanol–water partition coefficient (Wildman–Crippen LogP) is 2.14. The summed E-state index contributed by atoms with van der Waals surface area (Å²) in [5, 5.41) is 12.0. The number of rotatable bonds is 5. The van der Waals surface area contributed by atoms with Gasteiger partial charge >= 0.3 is 5.97 Å². The van der Waals surface area contributed by atoms with Gasteiger partial charge in [0.1, 0.15) is 11.9 Å². The molecule has 0 radical (unpaired) electrons. The van der Waals surface area contributed by atoms with Gasteiger partial charge in [0, 0.05) is 24.5 Å². The highest BCUT2D eigenvalue weighted by Crippen LogP contribution is 2.17. The number of nitrogens with zero attached hydrogens (tertiary/aromatic N) is 1. The second-order valence-corrected chi connectivity index (χ2v) is 4.03. The zero-order valence-electron chi connectivity index (χ0n) is 10.1. The predicted molar refractivity (Wildman–Crippen MR) is 67.9 cm³/mol. The average Bonchev–Trinajstić information content (AvgIpc) is 2.42. The molecule has 98 valence electrons. The lowest BCUT2D eigenvalue weighted by Crippen LogP contribution is -2.28. The Balaban J connectivity index is 2.14. The number of nitrogens with one attached hydrogen (secondary N) is 1. The summed E-state index contributed by atoms with van der Waals surface area (Å²) in [7, 11) is 0. The van der Waals surface area contributed by atoms with Crippen LogP contribution in [-0.4, -0.2) is 16.1 Å². The van der Waals surface area contributed by atoms with Crippen molar-refractivity contribution in [2.75, 3.05) is 0 Å². The molecule has 0 aliphatic rings. The quantitative estimate of drug-likeness (QED) is 0.864. The Hall–Kier alpha value is -2.27. The van der Waals surface area contributed by atoms with Gasteiger partial charge in [-0.05, 0) is 17.7 Å². The highest BCUT2D eigenvalue weighted by atomic mass is 19.1. The van der Waals surface area contributed by atoms with Crippen molar-refractivity contribution >= 4 is 5.97 Å². The van der Waals surface area contributed by atoms with Gasteiger partial charge in [0.15, 0.2) is 0 Å². The first-order chi connectivity index (χ1) is 9.18. The van der Waals surface area contributed by atoms with Crippen LogP contribution >= 0.6 is 0 Å². The van der Waals surface area contributed by atoms with Crippen LogP contribution in [0.1, 0.15) is 17.2 Å². The van der Waals surface area contributed by atoms with Crippen molar-refractivity contribution in [1.29, 1.82) is 0 Å². The van der Waals surface area contributed by atoms with E-state index in [2.05, 4.69) is 10.3 Å². The Morgan fingerprint density at radius 1 is 1.32 bits per heavy atom. The SMILES string of the molecule is O=C(O)C(NCc1cccnc1)c1ccccc1F. The topological polar surface area (TPSA) is 62.2 Å². The van der Waals surface area contributed by atoms with Gasteiger partial charge in [0.25, 0.3) is 0 Å². The summed E-state index contributed by atoms with van der Waals surface area (Å²) in [6, 6.07) is 8.35. The van der Waals surface area contributed by atoms with Gasteiger partial charge in [-0.2, -0.15) is 0 Å². The first kappa shape index (κ1) is 13.2. The lowest BCUT2D eigenvalue weighted by molar-refractivity contribution is -0.139. The normalized spacial score (nSPS) is 12.1. The minimum atomic E-state index is -1.12. The fraction of sp³-hybridized carbons (Fsp3) is 0.143. The molecule has 0 aliphatic carbocycles.